The summed E-state index contributed by atoms with van der Waals surface area (Å²) < 4.78 is 0. The lowest BCUT2D eigenvalue weighted by atomic mass is 10.3. The molecule has 0 heterocycles. The van der Waals surface area contributed by atoms with Crippen molar-refractivity contribution in [3.05, 3.63) is 84.9 Å². The molecule has 2 heteroatoms. The summed E-state index contributed by atoms with van der Waals surface area (Å²) in [5.41, 5.74) is 0. The maximum atomic E-state index is 9.58. The molecular formula is C19H18OSi. The molecule has 104 valence electrons. The Kier molecular flexibility index (Phi) is 3.63. The van der Waals surface area contributed by atoms with E-state index in [1.165, 1.54) is 15.6 Å². The van der Waals surface area contributed by atoms with Crippen molar-refractivity contribution in [2.45, 2.75) is 6.55 Å². The second-order valence-corrected chi connectivity index (χ2v) is 9.39. The van der Waals surface area contributed by atoms with Crippen molar-refractivity contribution >= 4 is 23.6 Å². The van der Waals surface area contributed by atoms with Gasteiger partial charge in [-0.15, -0.1) is 0 Å². The lowest BCUT2D eigenvalue weighted by Crippen LogP contribution is -2.64. The highest BCUT2D eigenvalue weighted by Gasteiger charge is 2.33. The van der Waals surface area contributed by atoms with Gasteiger partial charge >= 0.3 is 0 Å². The first-order chi connectivity index (χ1) is 10.2. The Morgan fingerprint density at radius 1 is 0.571 bits per heavy atom. The molecule has 0 saturated heterocycles. The summed E-state index contributed by atoms with van der Waals surface area (Å²) in [4.78, 5) is 0. The lowest BCUT2D eigenvalue weighted by molar-refractivity contribution is 0.475. The molecule has 0 amide bonds. The average molecular weight is 290 g/mol. The predicted octanol–water partition coefficient (Wildman–Crippen LogP) is 2.49. The summed E-state index contributed by atoms with van der Waals surface area (Å²) in [5, 5.41) is 13.6. The highest BCUT2D eigenvalue weighted by Crippen LogP contribution is 2.10. The largest absolute Gasteiger partial charge is 0.508 e. The molecule has 0 fully saturated rings. The Bertz CT molecular complexity index is 666. The van der Waals surface area contributed by atoms with Crippen molar-refractivity contribution in [3.63, 3.8) is 0 Å². The summed E-state index contributed by atoms with van der Waals surface area (Å²) >= 11 is 0. The second-order valence-electron chi connectivity index (χ2n) is 5.40. The number of phenols is 1. The number of phenolic OH excluding ortho intramolecular Hbond substituents is 1. The third-order valence-corrected chi connectivity index (χ3v) is 8.61. The Morgan fingerprint density at radius 2 is 0.952 bits per heavy atom. The molecule has 0 aliphatic heterocycles. The van der Waals surface area contributed by atoms with E-state index in [1.54, 1.807) is 12.1 Å². The van der Waals surface area contributed by atoms with Gasteiger partial charge in [0.15, 0.2) is 0 Å². The summed E-state index contributed by atoms with van der Waals surface area (Å²) in [6, 6.07) is 29.1. The molecule has 3 rings (SSSR count). The molecule has 0 radical (unpaired) electrons. The molecule has 1 N–H and O–H groups in total. The highest BCUT2D eigenvalue weighted by atomic mass is 28.3. The minimum Gasteiger partial charge on any atom is -0.508 e. The monoisotopic (exact) mass is 290 g/mol. The van der Waals surface area contributed by atoms with Crippen LogP contribution in [0.25, 0.3) is 0 Å². The van der Waals surface area contributed by atoms with Crippen LogP contribution >= 0.6 is 0 Å². The van der Waals surface area contributed by atoms with E-state index in [2.05, 4.69) is 79.3 Å². The molecule has 0 aliphatic rings. The van der Waals surface area contributed by atoms with Crippen LogP contribution in [0.1, 0.15) is 0 Å². The van der Waals surface area contributed by atoms with Gasteiger partial charge in [0.25, 0.3) is 0 Å². The van der Waals surface area contributed by atoms with Crippen LogP contribution in [-0.2, 0) is 0 Å². The Labute approximate surface area is 126 Å². The third-order valence-electron chi connectivity index (χ3n) is 4.15. The van der Waals surface area contributed by atoms with Crippen LogP contribution in [0, 0.1) is 0 Å². The van der Waals surface area contributed by atoms with Crippen molar-refractivity contribution in [1.82, 2.24) is 0 Å². The molecule has 0 aliphatic carbocycles. The normalized spacial score (nSPS) is 11.3. The van der Waals surface area contributed by atoms with Crippen molar-refractivity contribution < 1.29 is 5.11 Å². The van der Waals surface area contributed by atoms with Gasteiger partial charge in [0.2, 0.25) is 0 Å². The molecule has 1 nitrogen and oxygen atoms in total. The topological polar surface area (TPSA) is 20.2 Å². The number of hydrogen-bond donors (Lipinski definition) is 1. The fourth-order valence-electron chi connectivity index (χ4n) is 2.84. The van der Waals surface area contributed by atoms with E-state index in [0.717, 1.165) is 0 Å². The molecule has 0 unspecified atom stereocenters. The van der Waals surface area contributed by atoms with Crippen molar-refractivity contribution in [2.24, 2.45) is 0 Å². The highest BCUT2D eigenvalue weighted by molar-refractivity contribution is 7.10. The van der Waals surface area contributed by atoms with E-state index in [1.807, 2.05) is 0 Å². The van der Waals surface area contributed by atoms with Crippen LogP contribution in [-0.4, -0.2) is 13.2 Å². The Hall–Kier alpha value is -2.32. The SMILES string of the molecule is C[Si](c1ccccc1)(c1ccccc1)c1ccc(O)cc1. The maximum Gasteiger partial charge on any atom is 0.145 e. The van der Waals surface area contributed by atoms with Crippen molar-refractivity contribution in [2.75, 3.05) is 0 Å². The number of hydrogen-bond acceptors (Lipinski definition) is 1. The van der Waals surface area contributed by atoms with E-state index in [4.69, 9.17) is 0 Å². The molecule has 0 saturated carbocycles. The fraction of sp³-hybridized carbons (Fsp3) is 0.0526. The molecule has 0 atom stereocenters. The van der Waals surface area contributed by atoms with Crippen LogP contribution in [0.4, 0.5) is 0 Å². The number of benzene rings is 3. The first-order valence-corrected chi connectivity index (χ1v) is 9.62. The van der Waals surface area contributed by atoms with Crippen molar-refractivity contribution in [3.8, 4) is 5.75 Å². The number of rotatable bonds is 3. The van der Waals surface area contributed by atoms with Crippen LogP contribution in [0.15, 0.2) is 84.9 Å². The first-order valence-electron chi connectivity index (χ1n) is 7.12. The average Bonchev–Trinajstić information content (AvgIpc) is 2.56. The van der Waals surface area contributed by atoms with E-state index in [9.17, 15) is 5.11 Å². The van der Waals surface area contributed by atoms with Crippen LogP contribution in [0.2, 0.25) is 6.55 Å². The smallest absolute Gasteiger partial charge is 0.145 e. The van der Waals surface area contributed by atoms with Gasteiger partial charge in [-0.3, -0.25) is 0 Å². The second kappa shape index (κ2) is 5.58. The van der Waals surface area contributed by atoms with Gasteiger partial charge in [0, 0.05) is 0 Å². The molecule has 3 aromatic rings. The molecular weight excluding hydrogens is 272 g/mol. The number of aromatic hydroxyl groups is 1. The van der Waals surface area contributed by atoms with Gasteiger partial charge in [-0.2, -0.15) is 0 Å². The molecule has 21 heavy (non-hydrogen) atoms. The molecule has 0 spiro atoms. The zero-order chi connectivity index (χ0) is 14.7. The zero-order valence-electron chi connectivity index (χ0n) is 12.0. The van der Waals surface area contributed by atoms with E-state index in [-0.39, 0.29) is 0 Å². The van der Waals surface area contributed by atoms with E-state index >= 15 is 0 Å². The van der Waals surface area contributed by atoms with Crippen LogP contribution in [0.5, 0.6) is 5.75 Å². The lowest BCUT2D eigenvalue weighted by Gasteiger charge is -2.29. The van der Waals surface area contributed by atoms with Crippen molar-refractivity contribution in [1.29, 1.82) is 0 Å². The molecule has 3 aromatic carbocycles. The third kappa shape index (κ3) is 2.50. The minimum atomic E-state index is -2.01. The zero-order valence-corrected chi connectivity index (χ0v) is 13.0. The van der Waals surface area contributed by atoms with Gasteiger partial charge < -0.3 is 5.11 Å². The van der Waals surface area contributed by atoms with Gasteiger partial charge in [-0.05, 0) is 27.7 Å². The molecule has 0 bridgehead atoms. The van der Waals surface area contributed by atoms with Gasteiger partial charge in [-0.1, -0.05) is 79.3 Å². The van der Waals surface area contributed by atoms with Gasteiger partial charge in [0.05, 0.1) is 0 Å². The Balaban J connectivity index is 2.23. The summed E-state index contributed by atoms with van der Waals surface area (Å²) in [6.07, 6.45) is 0. The summed E-state index contributed by atoms with van der Waals surface area (Å²) in [6.45, 7) is 2.37. The summed E-state index contributed by atoms with van der Waals surface area (Å²) in [5.74, 6) is 0.316. The quantitative estimate of drug-likeness (QED) is 0.580. The molecule has 0 aromatic heterocycles. The van der Waals surface area contributed by atoms with Crippen LogP contribution < -0.4 is 15.6 Å². The maximum absolute atomic E-state index is 9.58. The first kappa shape index (κ1) is 13.7. The standard InChI is InChI=1S/C19H18OSi/c1-21(17-8-4-2-5-9-17,18-10-6-3-7-11-18)19-14-12-16(20)13-15-19/h2-15,20H,1H3. The van der Waals surface area contributed by atoms with Crippen LogP contribution in [0.3, 0.4) is 0 Å². The van der Waals surface area contributed by atoms with E-state index in [0.29, 0.717) is 5.75 Å². The fourth-order valence-corrected chi connectivity index (χ4v) is 6.39. The minimum absolute atomic E-state index is 0.316. The Morgan fingerprint density at radius 3 is 1.38 bits per heavy atom. The van der Waals surface area contributed by atoms with E-state index < -0.39 is 8.07 Å². The predicted molar refractivity (Wildman–Crippen MR) is 91.5 cm³/mol. The van der Waals surface area contributed by atoms with Gasteiger partial charge in [0.1, 0.15) is 13.8 Å². The van der Waals surface area contributed by atoms with Gasteiger partial charge in [-0.25, -0.2) is 0 Å². The summed E-state index contributed by atoms with van der Waals surface area (Å²) in [7, 11) is -2.01.